The minimum atomic E-state index is -0.0790. The Morgan fingerprint density at radius 1 is 0.889 bits per heavy atom. The van der Waals surface area contributed by atoms with E-state index in [1.807, 2.05) is 36.4 Å². The van der Waals surface area contributed by atoms with Crippen molar-refractivity contribution in [2.24, 2.45) is 10.2 Å². The van der Waals surface area contributed by atoms with Crippen molar-refractivity contribution < 1.29 is 9.47 Å². The van der Waals surface area contributed by atoms with Crippen LogP contribution < -0.4 is 20.3 Å². The van der Waals surface area contributed by atoms with Crippen molar-refractivity contribution in [3.05, 3.63) is 56.5 Å². The number of hydrogen-bond acceptors (Lipinski definition) is 5. The molecule has 7 nitrogen and oxygen atoms in total. The molecule has 0 bridgehead atoms. The van der Waals surface area contributed by atoms with Gasteiger partial charge in [-0.1, -0.05) is 31.9 Å². The van der Waals surface area contributed by atoms with Crippen molar-refractivity contribution in [3.63, 3.8) is 0 Å². The van der Waals surface area contributed by atoms with Crippen molar-refractivity contribution in [2.75, 3.05) is 14.2 Å². The van der Waals surface area contributed by atoms with Crippen LogP contribution in [-0.4, -0.2) is 32.6 Å². The van der Waals surface area contributed by atoms with Gasteiger partial charge in [0.15, 0.2) is 0 Å². The lowest BCUT2D eigenvalue weighted by Gasteiger charge is -2.06. The number of nitrogens with one attached hydrogen (secondary N) is 3. The molecule has 2 aromatic carbocycles. The number of hydrogen-bond donors (Lipinski definition) is 3. The van der Waals surface area contributed by atoms with Crippen molar-refractivity contribution in [1.82, 2.24) is 10.9 Å². The normalized spacial score (nSPS) is 10.5. The summed E-state index contributed by atoms with van der Waals surface area (Å²) in [6, 6.07) is 11.1. The molecule has 2 rings (SSSR count). The zero-order valence-electron chi connectivity index (χ0n) is 14.5. The van der Waals surface area contributed by atoms with Gasteiger partial charge in [-0.25, -0.2) is 10.9 Å². The van der Waals surface area contributed by atoms with Gasteiger partial charge in [0, 0.05) is 20.1 Å². The molecule has 0 fully saturated rings. The molecule has 0 spiro atoms. The third-order valence-electron chi connectivity index (χ3n) is 3.15. The van der Waals surface area contributed by atoms with Gasteiger partial charge in [0.2, 0.25) is 5.96 Å². The summed E-state index contributed by atoms with van der Waals surface area (Å²) in [6.45, 7) is 0. The van der Waals surface area contributed by atoms with Crippen LogP contribution in [0.5, 0.6) is 11.5 Å². The van der Waals surface area contributed by atoms with Gasteiger partial charge in [-0.2, -0.15) is 10.2 Å². The highest BCUT2D eigenvalue weighted by Gasteiger charge is 2.02. The molecule has 0 saturated carbocycles. The second kappa shape index (κ2) is 11.7. The first-order chi connectivity index (χ1) is 12.5. The number of methoxy groups -OCH3 is 2. The van der Waals surface area contributed by atoms with Crippen LogP contribution in [0, 0.1) is 5.41 Å². The number of ether oxygens (including phenoxy) is 2. The van der Waals surface area contributed by atoms with Crippen LogP contribution in [-0.2, 0) is 0 Å². The van der Waals surface area contributed by atoms with Crippen molar-refractivity contribution >= 4 is 67.2 Å². The van der Waals surface area contributed by atoms with Crippen LogP contribution in [0.2, 0.25) is 0 Å². The van der Waals surface area contributed by atoms with E-state index in [0.717, 1.165) is 20.1 Å². The molecule has 0 radical (unpaired) electrons. The quantitative estimate of drug-likeness (QED) is 0.278. The predicted molar refractivity (Wildman–Crippen MR) is 121 cm³/mol. The monoisotopic (exact) mass is 561 g/mol. The largest absolute Gasteiger partial charge is 0.496 e. The Morgan fingerprint density at radius 2 is 1.30 bits per heavy atom. The minimum Gasteiger partial charge on any atom is -0.496 e. The predicted octanol–water partition coefficient (Wildman–Crippen LogP) is 4.29. The highest BCUT2D eigenvalue weighted by Crippen LogP contribution is 2.22. The fourth-order valence-electron chi connectivity index (χ4n) is 1.94. The molecular weight excluding hydrogens is 546 g/mol. The van der Waals surface area contributed by atoms with E-state index in [4.69, 9.17) is 14.9 Å². The lowest BCUT2D eigenvalue weighted by Crippen LogP contribution is -2.29. The van der Waals surface area contributed by atoms with E-state index < -0.39 is 0 Å². The van der Waals surface area contributed by atoms with Gasteiger partial charge in [-0.15, -0.1) is 17.0 Å². The van der Waals surface area contributed by atoms with Crippen LogP contribution in [0.4, 0.5) is 0 Å². The summed E-state index contributed by atoms with van der Waals surface area (Å²) in [5.41, 5.74) is 6.64. The smallest absolute Gasteiger partial charge is 0.230 e. The number of guanidine groups is 1. The molecule has 0 amide bonds. The van der Waals surface area contributed by atoms with Crippen LogP contribution in [0.3, 0.4) is 0 Å². The molecule has 0 heterocycles. The maximum Gasteiger partial charge on any atom is 0.230 e. The maximum absolute atomic E-state index is 7.76. The highest BCUT2D eigenvalue weighted by molar-refractivity contribution is 9.10. The van der Waals surface area contributed by atoms with Crippen LogP contribution in [0.1, 0.15) is 11.1 Å². The molecular formula is C17H18Br3N5O2. The van der Waals surface area contributed by atoms with Gasteiger partial charge in [0.1, 0.15) is 11.5 Å². The summed E-state index contributed by atoms with van der Waals surface area (Å²) in [5.74, 6) is 1.26. The van der Waals surface area contributed by atoms with Crippen LogP contribution in [0.15, 0.2) is 55.5 Å². The summed E-state index contributed by atoms with van der Waals surface area (Å²) >= 11 is 6.76. The van der Waals surface area contributed by atoms with E-state index in [2.05, 4.69) is 52.9 Å². The first kappa shape index (κ1) is 23.1. The summed E-state index contributed by atoms with van der Waals surface area (Å²) in [7, 11) is 3.17. The van der Waals surface area contributed by atoms with Gasteiger partial charge in [-0.05, 0) is 36.4 Å². The van der Waals surface area contributed by atoms with E-state index in [1.165, 1.54) is 0 Å². The number of nitrogens with zero attached hydrogens (tertiary/aromatic N) is 2. The molecule has 0 aliphatic carbocycles. The Kier molecular flexibility index (Phi) is 10.0. The van der Waals surface area contributed by atoms with Crippen molar-refractivity contribution in [2.45, 2.75) is 0 Å². The summed E-state index contributed by atoms with van der Waals surface area (Å²) in [6.07, 6.45) is 3.12. The topological polar surface area (TPSA) is 91.1 Å². The molecule has 0 unspecified atom stereocenters. The van der Waals surface area contributed by atoms with E-state index in [1.54, 1.807) is 26.6 Å². The average molecular weight is 564 g/mol. The van der Waals surface area contributed by atoms with E-state index in [9.17, 15) is 0 Å². The molecule has 27 heavy (non-hydrogen) atoms. The number of halogens is 3. The number of rotatable bonds is 6. The lowest BCUT2D eigenvalue weighted by atomic mass is 10.2. The zero-order valence-corrected chi connectivity index (χ0v) is 19.4. The van der Waals surface area contributed by atoms with E-state index in [-0.39, 0.29) is 22.9 Å². The molecule has 0 saturated heterocycles. The second-order valence-electron chi connectivity index (χ2n) is 4.89. The molecule has 0 atom stereocenters. The molecule has 0 aliphatic rings. The van der Waals surface area contributed by atoms with Gasteiger partial charge in [0.05, 0.1) is 26.6 Å². The summed E-state index contributed by atoms with van der Waals surface area (Å²) in [4.78, 5) is 0. The Labute approximate surface area is 184 Å². The fourth-order valence-corrected chi connectivity index (χ4v) is 2.62. The molecule has 0 aliphatic heterocycles. The minimum absolute atomic E-state index is 0. The Bertz CT molecular complexity index is 776. The molecule has 144 valence electrons. The van der Waals surface area contributed by atoms with Gasteiger partial charge < -0.3 is 9.47 Å². The second-order valence-corrected chi connectivity index (χ2v) is 6.72. The zero-order chi connectivity index (χ0) is 18.9. The summed E-state index contributed by atoms with van der Waals surface area (Å²) in [5, 5.41) is 15.7. The van der Waals surface area contributed by atoms with Gasteiger partial charge in [-0.3, -0.25) is 5.41 Å². The third kappa shape index (κ3) is 7.31. The van der Waals surface area contributed by atoms with Crippen molar-refractivity contribution in [3.8, 4) is 11.5 Å². The summed E-state index contributed by atoms with van der Waals surface area (Å²) < 4.78 is 12.4. The average Bonchev–Trinajstić information content (AvgIpc) is 2.63. The van der Waals surface area contributed by atoms with Gasteiger partial charge >= 0.3 is 0 Å². The highest BCUT2D eigenvalue weighted by atomic mass is 79.9. The first-order valence-electron chi connectivity index (χ1n) is 7.37. The molecule has 2 aromatic rings. The number of hydrazone groups is 2. The Morgan fingerprint density at radius 3 is 1.67 bits per heavy atom. The van der Waals surface area contributed by atoms with E-state index >= 15 is 0 Å². The van der Waals surface area contributed by atoms with E-state index in [0.29, 0.717) is 11.5 Å². The Balaban J connectivity index is 0.00000364. The molecule has 3 N–H and O–H groups in total. The standard InChI is InChI=1S/C17H17Br2N5O2.BrH/c1-25-15-7-13(18)5-3-11(15)9-21-23-17(20)24-22-10-12-4-6-14(19)8-16(12)26-2;/h3-10H,1-2H3,(H3,20,23,24);1H. The molecule has 10 heteroatoms. The fraction of sp³-hybridized carbons (Fsp3) is 0.118. The van der Waals surface area contributed by atoms with Crippen LogP contribution in [0.25, 0.3) is 0 Å². The van der Waals surface area contributed by atoms with Gasteiger partial charge in [0.25, 0.3) is 0 Å². The van der Waals surface area contributed by atoms with Crippen molar-refractivity contribution in [1.29, 1.82) is 5.41 Å². The SMILES string of the molecule is Br.COc1cc(Br)ccc1C=NNC(=N)NN=Cc1ccc(Br)cc1OC. The lowest BCUT2D eigenvalue weighted by molar-refractivity contribution is 0.414. The maximum atomic E-state index is 7.76. The number of benzene rings is 2. The third-order valence-corrected chi connectivity index (χ3v) is 4.14. The first-order valence-corrected chi connectivity index (χ1v) is 8.96. The Hall–Kier alpha value is -1.91. The van der Waals surface area contributed by atoms with Crippen LogP contribution >= 0.6 is 48.8 Å². The molecule has 0 aromatic heterocycles.